The molecule has 144 valence electrons. The molecule has 0 aliphatic carbocycles. The van der Waals surface area contributed by atoms with Crippen molar-refractivity contribution in [1.82, 2.24) is 15.1 Å². The van der Waals surface area contributed by atoms with Crippen LogP contribution in [0.3, 0.4) is 0 Å². The van der Waals surface area contributed by atoms with E-state index in [1.165, 1.54) is 30.6 Å². The molecule has 6 heteroatoms. The number of hydrogen-bond acceptors (Lipinski definition) is 2. The van der Waals surface area contributed by atoms with Gasteiger partial charge in [-0.15, -0.1) is 34.0 Å². The van der Waals surface area contributed by atoms with Gasteiger partial charge in [-0.1, -0.05) is 54.1 Å². The number of piperidine rings is 1. The molecule has 2 aromatic carbocycles. The average Bonchev–Trinajstić information content (AvgIpc) is 3.14. The van der Waals surface area contributed by atoms with Crippen LogP contribution in [0.5, 0.6) is 0 Å². The highest BCUT2D eigenvalue weighted by atomic mass is 79.9. The second kappa shape index (κ2) is 10.4. The first-order valence-electron chi connectivity index (χ1n) is 8.85. The Hall–Kier alpha value is -1.14. The number of likely N-dealkylation sites (tertiary alicyclic amines) is 1. The summed E-state index contributed by atoms with van der Waals surface area (Å²) in [7, 11) is 0. The van der Waals surface area contributed by atoms with Gasteiger partial charge in [0.1, 0.15) is 0 Å². The molecule has 1 saturated heterocycles. The van der Waals surface area contributed by atoms with Gasteiger partial charge in [0.05, 0.1) is 11.4 Å². The van der Waals surface area contributed by atoms with Crippen LogP contribution in [-0.2, 0) is 6.54 Å². The highest BCUT2D eigenvalue weighted by Gasteiger charge is 2.23. The molecule has 1 atom stereocenters. The average molecular weight is 514 g/mol. The number of aromatic nitrogens is 2. The van der Waals surface area contributed by atoms with Crippen molar-refractivity contribution in [2.24, 2.45) is 0 Å². The predicted molar refractivity (Wildman–Crippen MR) is 123 cm³/mol. The van der Waals surface area contributed by atoms with Crippen LogP contribution >= 0.6 is 45.6 Å². The largest absolute Gasteiger partial charge is 0.298 e. The SMILES string of the molecule is Br.Br.Clc1ccc(-c2cc(C3CCCN(Cc4ccccc4)C3)n[nH]2)cc1. The normalized spacial score (nSPS) is 17.0. The van der Waals surface area contributed by atoms with Gasteiger partial charge in [0.15, 0.2) is 0 Å². The Bertz CT molecular complexity index is 821. The summed E-state index contributed by atoms with van der Waals surface area (Å²) in [4.78, 5) is 2.54. The topological polar surface area (TPSA) is 31.9 Å². The molecule has 0 saturated carbocycles. The minimum absolute atomic E-state index is 0. The number of nitrogens with zero attached hydrogens (tertiary/aromatic N) is 2. The van der Waals surface area contributed by atoms with Crippen molar-refractivity contribution < 1.29 is 0 Å². The molecule has 3 aromatic rings. The molecule has 1 aliphatic rings. The summed E-state index contributed by atoms with van der Waals surface area (Å²) in [5.41, 5.74) is 4.74. The van der Waals surface area contributed by atoms with Crippen LogP contribution in [0.25, 0.3) is 11.3 Å². The van der Waals surface area contributed by atoms with Gasteiger partial charge in [-0.2, -0.15) is 5.10 Å². The Morgan fingerprint density at radius 3 is 2.52 bits per heavy atom. The standard InChI is InChI=1S/C21H22ClN3.2BrH/c22-19-10-8-17(9-11-19)20-13-21(24-23-20)18-7-4-12-25(15-18)14-16-5-2-1-3-6-16;;/h1-3,5-6,8-11,13,18H,4,7,12,14-15H2,(H,23,24);2*1H. The minimum Gasteiger partial charge on any atom is -0.298 e. The fourth-order valence-corrected chi connectivity index (χ4v) is 3.73. The Kier molecular flexibility index (Phi) is 8.55. The van der Waals surface area contributed by atoms with Gasteiger partial charge in [-0.05, 0) is 48.7 Å². The summed E-state index contributed by atoms with van der Waals surface area (Å²) < 4.78 is 0. The van der Waals surface area contributed by atoms with E-state index in [0.717, 1.165) is 29.4 Å². The second-order valence-corrected chi connectivity index (χ2v) is 7.21. The number of aromatic amines is 1. The summed E-state index contributed by atoms with van der Waals surface area (Å²) in [5.74, 6) is 0.495. The number of nitrogens with one attached hydrogen (secondary N) is 1. The highest BCUT2D eigenvalue weighted by Crippen LogP contribution is 2.29. The zero-order chi connectivity index (χ0) is 17.1. The Balaban J connectivity index is 0.00000131. The number of benzene rings is 2. The van der Waals surface area contributed by atoms with Crippen LogP contribution < -0.4 is 0 Å². The third-order valence-corrected chi connectivity index (χ3v) is 5.18. The van der Waals surface area contributed by atoms with Gasteiger partial charge in [0.25, 0.3) is 0 Å². The number of hydrogen-bond donors (Lipinski definition) is 1. The van der Waals surface area contributed by atoms with E-state index in [9.17, 15) is 0 Å². The van der Waals surface area contributed by atoms with Crippen LogP contribution in [0.1, 0.15) is 30.0 Å². The summed E-state index contributed by atoms with van der Waals surface area (Å²) in [6, 6.07) is 20.8. The molecule has 1 unspecified atom stereocenters. The van der Waals surface area contributed by atoms with Crippen molar-refractivity contribution in [2.75, 3.05) is 13.1 Å². The summed E-state index contributed by atoms with van der Waals surface area (Å²) in [6.07, 6.45) is 2.43. The predicted octanol–water partition coefficient (Wildman–Crippen LogP) is 6.27. The van der Waals surface area contributed by atoms with E-state index < -0.39 is 0 Å². The van der Waals surface area contributed by atoms with E-state index >= 15 is 0 Å². The molecule has 0 radical (unpaired) electrons. The molecule has 4 rings (SSSR count). The van der Waals surface area contributed by atoms with Crippen LogP contribution in [0, 0.1) is 0 Å². The number of H-pyrrole nitrogens is 1. The lowest BCUT2D eigenvalue weighted by Gasteiger charge is -2.31. The van der Waals surface area contributed by atoms with Gasteiger partial charge in [0, 0.05) is 24.0 Å². The van der Waals surface area contributed by atoms with Crippen molar-refractivity contribution in [3.8, 4) is 11.3 Å². The second-order valence-electron chi connectivity index (χ2n) is 6.77. The third-order valence-electron chi connectivity index (χ3n) is 4.93. The summed E-state index contributed by atoms with van der Waals surface area (Å²) in [6.45, 7) is 3.26. The van der Waals surface area contributed by atoms with Gasteiger partial charge < -0.3 is 0 Å². The highest BCUT2D eigenvalue weighted by molar-refractivity contribution is 8.93. The maximum Gasteiger partial charge on any atom is 0.0672 e. The van der Waals surface area contributed by atoms with E-state index in [0.29, 0.717) is 5.92 Å². The molecular formula is C21H24Br2ClN3. The van der Waals surface area contributed by atoms with Crippen LogP contribution in [0.15, 0.2) is 60.7 Å². The fraction of sp³-hybridized carbons (Fsp3) is 0.286. The van der Waals surface area contributed by atoms with Gasteiger partial charge >= 0.3 is 0 Å². The van der Waals surface area contributed by atoms with E-state index in [-0.39, 0.29) is 34.0 Å². The Morgan fingerprint density at radius 2 is 1.78 bits per heavy atom. The van der Waals surface area contributed by atoms with Crippen molar-refractivity contribution >= 4 is 45.6 Å². The number of rotatable bonds is 4. The Morgan fingerprint density at radius 1 is 1.04 bits per heavy atom. The molecule has 0 spiro atoms. The van der Waals surface area contributed by atoms with Crippen molar-refractivity contribution in [2.45, 2.75) is 25.3 Å². The maximum atomic E-state index is 5.98. The molecule has 27 heavy (non-hydrogen) atoms. The van der Waals surface area contributed by atoms with Crippen LogP contribution in [0.4, 0.5) is 0 Å². The first kappa shape index (κ1) is 22.2. The lowest BCUT2D eigenvalue weighted by Crippen LogP contribution is -2.34. The third kappa shape index (κ3) is 5.67. The van der Waals surface area contributed by atoms with Crippen LogP contribution in [0.2, 0.25) is 5.02 Å². The summed E-state index contributed by atoms with van der Waals surface area (Å²) in [5, 5.41) is 8.54. The molecule has 3 nitrogen and oxygen atoms in total. The maximum absolute atomic E-state index is 5.98. The molecular weight excluding hydrogens is 490 g/mol. The van der Waals surface area contributed by atoms with E-state index in [4.69, 9.17) is 11.6 Å². The molecule has 2 heterocycles. The molecule has 0 bridgehead atoms. The fourth-order valence-electron chi connectivity index (χ4n) is 3.61. The van der Waals surface area contributed by atoms with E-state index in [1.807, 2.05) is 24.3 Å². The zero-order valence-electron chi connectivity index (χ0n) is 15.0. The number of halogens is 3. The van der Waals surface area contributed by atoms with Crippen molar-refractivity contribution in [3.05, 3.63) is 76.9 Å². The molecule has 1 fully saturated rings. The van der Waals surface area contributed by atoms with Crippen LogP contribution in [-0.4, -0.2) is 28.2 Å². The Labute approximate surface area is 186 Å². The molecule has 1 aromatic heterocycles. The first-order valence-corrected chi connectivity index (χ1v) is 9.23. The molecule has 1 N–H and O–H groups in total. The van der Waals surface area contributed by atoms with Gasteiger partial charge in [-0.3, -0.25) is 10.00 Å². The van der Waals surface area contributed by atoms with Gasteiger partial charge in [0.2, 0.25) is 0 Å². The summed E-state index contributed by atoms with van der Waals surface area (Å²) >= 11 is 5.98. The van der Waals surface area contributed by atoms with E-state index in [2.05, 4.69) is 51.5 Å². The molecule has 1 aliphatic heterocycles. The monoisotopic (exact) mass is 511 g/mol. The zero-order valence-corrected chi connectivity index (χ0v) is 19.2. The minimum atomic E-state index is 0. The lowest BCUT2D eigenvalue weighted by molar-refractivity contribution is 0.198. The van der Waals surface area contributed by atoms with Gasteiger partial charge in [-0.25, -0.2) is 0 Å². The smallest absolute Gasteiger partial charge is 0.0672 e. The first-order chi connectivity index (χ1) is 12.3. The molecule has 0 amide bonds. The van der Waals surface area contributed by atoms with Crippen molar-refractivity contribution in [1.29, 1.82) is 0 Å². The quantitative estimate of drug-likeness (QED) is 0.446. The van der Waals surface area contributed by atoms with E-state index in [1.54, 1.807) is 0 Å². The van der Waals surface area contributed by atoms with Crippen molar-refractivity contribution in [3.63, 3.8) is 0 Å². The lowest BCUT2D eigenvalue weighted by atomic mass is 9.94.